The zero-order valence-electron chi connectivity index (χ0n) is 10.3. The third kappa shape index (κ3) is 3.90. The number of nitriles is 1. The molecule has 0 aliphatic rings. The van der Waals surface area contributed by atoms with Crippen molar-refractivity contribution in [3.05, 3.63) is 29.3 Å². The molecule has 1 aromatic carbocycles. The minimum Gasteiger partial charge on any atom is -0.282 e. The first kappa shape index (κ1) is 14.8. The van der Waals surface area contributed by atoms with E-state index in [-0.39, 0.29) is 17.6 Å². The number of halogens is 1. The van der Waals surface area contributed by atoms with Crippen LogP contribution >= 0.6 is 11.6 Å². The first-order chi connectivity index (χ1) is 8.39. The second kappa shape index (κ2) is 6.07. The fourth-order valence-electron chi connectivity index (χ4n) is 1.53. The van der Waals surface area contributed by atoms with Crippen molar-refractivity contribution in [1.29, 1.82) is 5.26 Å². The predicted octanol–water partition coefficient (Wildman–Crippen LogP) is 2.48. The number of benzene rings is 1. The maximum Gasteiger partial charge on any atom is 0.233 e. The number of rotatable bonds is 5. The Labute approximate surface area is 113 Å². The molecule has 1 aromatic rings. The van der Waals surface area contributed by atoms with Crippen molar-refractivity contribution in [3.63, 3.8) is 0 Å². The second-order valence-corrected chi connectivity index (χ2v) is 6.33. The van der Waals surface area contributed by atoms with Gasteiger partial charge < -0.3 is 0 Å². The molecule has 0 radical (unpaired) electrons. The summed E-state index contributed by atoms with van der Waals surface area (Å²) in [6.07, 6.45) is 0. The molecule has 0 bridgehead atoms. The Bertz CT molecular complexity index is 564. The second-order valence-electron chi connectivity index (χ2n) is 4.25. The molecule has 4 nitrogen and oxygen atoms in total. The lowest BCUT2D eigenvalue weighted by atomic mass is 10.1. The molecule has 6 heteroatoms. The van der Waals surface area contributed by atoms with Crippen LogP contribution in [0.15, 0.2) is 18.2 Å². The Kier molecular flexibility index (Phi) is 5.00. The summed E-state index contributed by atoms with van der Waals surface area (Å²) in [6, 6.07) is 7.05. The van der Waals surface area contributed by atoms with E-state index in [1.54, 1.807) is 32.0 Å². The number of hydrogen-bond donors (Lipinski definition) is 1. The van der Waals surface area contributed by atoms with Crippen LogP contribution in [0.3, 0.4) is 0 Å². The average Bonchev–Trinajstić information content (AvgIpc) is 2.28. The topological polar surface area (TPSA) is 70.0 Å². The highest BCUT2D eigenvalue weighted by atomic mass is 35.5. The smallest absolute Gasteiger partial charge is 0.233 e. The number of aryl methyl sites for hydroxylation is 1. The molecule has 0 saturated heterocycles. The highest BCUT2D eigenvalue weighted by Crippen LogP contribution is 2.20. The molecule has 0 amide bonds. The summed E-state index contributed by atoms with van der Waals surface area (Å²) >= 11 is 5.60. The summed E-state index contributed by atoms with van der Waals surface area (Å²) in [4.78, 5) is 0. The Morgan fingerprint density at radius 3 is 2.72 bits per heavy atom. The summed E-state index contributed by atoms with van der Waals surface area (Å²) in [7, 11) is -3.48. The van der Waals surface area contributed by atoms with Gasteiger partial charge in [-0.15, -0.1) is 11.6 Å². The van der Waals surface area contributed by atoms with E-state index in [0.717, 1.165) is 5.56 Å². The molecule has 1 N–H and O–H groups in total. The minimum atomic E-state index is -3.48. The van der Waals surface area contributed by atoms with Crippen molar-refractivity contribution in [3.8, 4) is 6.07 Å². The molecular weight excluding hydrogens is 272 g/mol. The van der Waals surface area contributed by atoms with Crippen LogP contribution in [-0.4, -0.2) is 20.1 Å². The summed E-state index contributed by atoms with van der Waals surface area (Å²) in [6.45, 7) is 3.52. The summed E-state index contributed by atoms with van der Waals surface area (Å²) in [5.41, 5.74) is 1.40. The lowest BCUT2D eigenvalue weighted by Crippen LogP contribution is -2.22. The van der Waals surface area contributed by atoms with Gasteiger partial charge >= 0.3 is 0 Å². The van der Waals surface area contributed by atoms with Crippen LogP contribution in [0, 0.1) is 24.2 Å². The van der Waals surface area contributed by atoms with Crippen molar-refractivity contribution >= 4 is 27.3 Å². The van der Waals surface area contributed by atoms with Gasteiger partial charge in [-0.05, 0) is 24.5 Å². The highest BCUT2D eigenvalue weighted by Gasteiger charge is 2.17. The van der Waals surface area contributed by atoms with E-state index in [0.29, 0.717) is 11.3 Å². The van der Waals surface area contributed by atoms with Crippen molar-refractivity contribution < 1.29 is 8.42 Å². The molecule has 0 aliphatic heterocycles. The first-order valence-electron chi connectivity index (χ1n) is 5.45. The number of anilines is 1. The number of sulfonamides is 1. The van der Waals surface area contributed by atoms with Gasteiger partial charge in [0.2, 0.25) is 10.0 Å². The molecule has 0 heterocycles. The SMILES string of the molecule is Cc1cccc(NS(=O)(=O)CC(C)CCl)c1C#N. The fourth-order valence-corrected chi connectivity index (χ4v) is 3.22. The monoisotopic (exact) mass is 286 g/mol. The van der Waals surface area contributed by atoms with Crippen LogP contribution in [0.5, 0.6) is 0 Å². The van der Waals surface area contributed by atoms with Gasteiger partial charge in [-0.3, -0.25) is 4.72 Å². The van der Waals surface area contributed by atoms with E-state index in [9.17, 15) is 8.42 Å². The van der Waals surface area contributed by atoms with E-state index in [4.69, 9.17) is 16.9 Å². The van der Waals surface area contributed by atoms with Gasteiger partial charge in [0, 0.05) is 5.88 Å². The van der Waals surface area contributed by atoms with Gasteiger partial charge in [0.1, 0.15) is 6.07 Å². The molecule has 0 spiro atoms. The zero-order valence-corrected chi connectivity index (χ0v) is 11.8. The van der Waals surface area contributed by atoms with Gasteiger partial charge in [0.05, 0.1) is 17.0 Å². The zero-order chi connectivity index (χ0) is 13.8. The van der Waals surface area contributed by atoms with Gasteiger partial charge in [0.25, 0.3) is 0 Å². The molecular formula is C12H15ClN2O2S. The van der Waals surface area contributed by atoms with Crippen molar-refractivity contribution in [2.45, 2.75) is 13.8 Å². The molecule has 0 saturated carbocycles. The van der Waals surface area contributed by atoms with Crippen molar-refractivity contribution in [2.75, 3.05) is 16.4 Å². The quantitative estimate of drug-likeness (QED) is 0.846. The number of alkyl halides is 1. The maximum atomic E-state index is 11.9. The maximum absolute atomic E-state index is 11.9. The molecule has 1 rings (SSSR count). The number of hydrogen-bond acceptors (Lipinski definition) is 3. The van der Waals surface area contributed by atoms with Crippen LogP contribution in [-0.2, 0) is 10.0 Å². The Hall–Kier alpha value is -1.25. The van der Waals surface area contributed by atoms with Crippen LogP contribution in [0.4, 0.5) is 5.69 Å². The lowest BCUT2D eigenvalue weighted by Gasteiger charge is -2.12. The van der Waals surface area contributed by atoms with Gasteiger partial charge in [-0.2, -0.15) is 5.26 Å². The van der Waals surface area contributed by atoms with Crippen LogP contribution < -0.4 is 4.72 Å². The first-order valence-corrected chi connectivity index (χ1v) is 7.64. The normalized spacial score (nSPS) is 12.8. The molecule has 0 aliphatic carbocycles. The van der Waals surface area contributed by atoms with E-state index in [2.05, 4.69) is 4.72 Å². The molecule has 1 atom stereocenters. The number of nitrogens with zero attached hydrogens (tertiary/aromatic N) is 1. The Morgan fingerprint density at radius 2 is 2.17 bits per heavy atom. The third-order valence-corrected chi connectivity index (χ3v) is 4.48. The van der Waals surface area contributed by atoms with Crippen molar-refractivity contribution in [2.24, 2.45) is 5.92 Å². The predicted molar refractivity (Wildman–Crippen MR) is 73.2 cm³/mol. The van der Waals surface area contributed by atoms with Gasteiger partial charge in [0.15, 0.2) is 0 Å². The fraction of sp³-hybridized carbons (Fsp3) is 0.417. The van der Waals surface area contributed by atoms with Crippen LogP contribution in [0.25, 0.3) is 0 Å². The molecule has 0 fully saturated rings. The molecule has 98 valence electrons. The minimum absolute atomic E-state index is 0.0602. The number of nitrogens with one attached hydrogen (secondary N) is 1. The van der Waals surface area contributed by atoms with Gasteiger partial charge in [-0.1, -0.05) is 19.1 Å². The standard InChI is InChI=1S/C12H15ClN2O2S/c1-9(6-13)8-18(16,17)15-12-5-3-4-10(2)11(12)7-14/h3-5,9,15H,6,8H2,1-2H3. The van der Waals surface area contributed by atoms with E-state index in [1.807, 2.05) is 6.07 Å². The van der Waals surface area contributed by atoms with Crippen LogP contribution in [0.2, 0.25) is 0 Å². The van der Waals surface area contributed by atoms with Crippen LogP contribution in [0.1, 0.15) is 18.1 Å². The Morgan fingerprint density at radius 1 is 1.50 bits per heavy atom. The summed E-state index contributed by atoms with van der Waals surface area (Å²) in [5, 5.41) is 9.02. The van der Waals surface area contributed by atoms with E-state index in [1.165, 1.54) is 0 Å². The largest absolute Gasteiger partial charge is 0.282 e. The molecule has 1 unspecified atom stereocenters. The molecule has 18 heavy (non-hydrogen) atoms. The summed E-state index contributed by atoms with van der Waals surface area (Å²) in [5.74, 6) is 0.0781. The Balaban J connectivity index is 2.99. The van der Waals surface area contributed by atoms with E-state index < -0.39 is 10.0 Å². The molecule has 0 aromatic heterocycles. The lowest BCUT2D eigenvalue weighted by molar-refractivity contribution is 0.588. The highest BCUT2D eigenvalue weighted by molar-refractivity contribution is 7.92. The third-order valence-electron chi connectivity index (χ3n) is 2.42. The summed E-state index contributed by atoms with van der Waals surface area (Å²) < 4.78 is 26.2. The van der Waals surface area contributed by atoms with Gasteiger partial charge in [-0.25, -0.2) is 8.42 Å². The average molecular weight is 287 g/mol. The van der Waals surface area contributed by atoms with Crippen molar-refractivity contribution in [1.82, 2.24) is 0 Å². The van der Waals surface area contributed by atoms with E-state index >= 15 is 0 Å².